The summed E-state index contributed by atoms with van der Waals surface area (Å²) < 4.78 is 25.8. The van der Waals surface area contributed by atoms with Gasteiger partial charge in [0.05, 0.1) is 13.2 Å². The van der Waals surface area contributed by atoms with Crippen LogP contribution < -0.4 is 4.74 Å². The smallest absolute Gasteiger partial charge is 0.354 e. The van der Waals surface area contributed by atoms with Crippen LogP contribution in [0.15, 0.2) is 48.5 Å². The SMILES string of the molecule is [C-]#[N+]c1c(-c2ccc(OCc3ccc(F)cc3)cc2)c(C(=O)OCC)n(C)c1CC. The van der Waals surface area contributed by atoms with Crippen LogP contribution in [-0.2, 0) is 24.8 Å². The molecule has 0 atom stereocenters. The highest BCUT2D eigenvalue weighted by atomic mass is 19.1. The summed E-state index contributed by atoms with van der Waals surface area (Å²) in [4.78, 5) is 16.3. The van der Waals surface area contributed by atoms with E-state index in [1.54, 1.807) is 42.8 Å². The Balaban J connectivity index is 1.92. The second-order valence-electron chi connectivity index (χ2n) is 6.70. The lowest BCUT2D eigenvalue weighted by atomic mass is 10.0. The predicted octanol–water partition coefficient (Wildman–Crippen LogP) is 5.70. The maximum Gasteiger partial charge on any atom is 0.354 e. The summed E-state index contributed by atoms with van der Waals surface area (Å²) in [5.74, 6) is -0.0987. The summed E-state index contributed by atoms with van der Waals surface area (Å²) in [6, 6.07) is 13.4. The van der Waals surface area contributed by atoms with E-state index in [1.807, 2.05) is 19.1 Å². The van der Waals surface area contributed by atoms with Gasteiger partial charge in [0.1, 0.15) is 23.9 Å². The summed E-state index contributed by atoms with van der Waals surface area (Å²) in [5.41, 5.74) is 3.81. The number of benzene rings is 2. The summed E-state index contributed by atoms with van der Waals surface area (Å²) in [7, 11) is 1.78. The van der Waals surface area contributed by atoms with Crippen LogP contribution in [0.4, 0.5) is 10.1 Å². The monoisotopic (exact) mass is 406 g/mol. The highest BCUT2D eigenvalue weighted by molar-refractivity contribution is 6.01. The van der Waals surface area contributed by atoms with Crippen molar-refractivity contribution in [3.8, 4) is 16.9 Å². The van der Waals surface area contributed by atoms with Crippen LogP contribution in [-0.4, -0.2) is 17.1 Å². The molecular formula is C24H23FN2O3. The molecule has 0 N–H and O–H groups in total. The Hall–Kier alpha value is -3.59. The molecule has 154 valence electrons. The zero-order valence-corrected chi connectivity index (χ0v) is 17.2. The Bertz CT molecular complexity index is 1080. The predicted molar refractivity (Wildman–Crippen MR) is 113 cm³/mol. The highest BCUT2D eigenvalue weighted by Gasteiger charge is 2.26. The lowest BCUT2D eigenvalue weighted by Gasteiger charge is -2.10. The van der Waals surface area contributed by atoms with Crippen molar-refractivity contribution >= 4 is 11.7 Å². The van der Waals surface area contributed by atoms with Gasteiger partial charge in [-0.2, -0.15) is 0 Å². The van der Waals surface area contributed by atoms with Crippen molar-refractivity contribution in [3.05, 3.63) is 82.7 Å². The van der Waals surface area contributed by atoms with Gasteiger partial charge in [0.2, 0.25) is 5.69 Å². The van der Waals surface area contributed by atoms with Crippen LogP contribution >= 0.6 is 0 Å². The molecule has 3 aromatic rings. The summed E-state index contributed by atoms with van der Waals surface area (Å²) in [5, 5.41) is 0. The van der Waals surface area contributed by atoms with Gasteiger partial charge < -0.3 is 14.0 Å². The first-order valence-corrected chi connectivity index (χ1v) is 9.73. The van der Waals surface area contributed by atoms with Crippen molar-refractivity contribution in [2.75, 3.05) is 6.61 Å². The first-order chi connectivity index (χ1) is 14.5. The Kier molecular flexibility index (Phi) is 6.53. The molecule has 0 saturated carbocycles. The quantitative estimate of drug-likeness (QED) is 0.373. The average molecular weight is 406 g/mol. The molecule has 0 aliphatic carbocycles. The number of aromatic nitrogens is 1. The van der Waals surface area contributed by atoms with Gasteiger partial charge in [0, 0.05) is 18.3 Å². The van der Waals surface area contributed by atoms with Crippen molar-refractivity contribution in [2.24, 2.45) is 7.05 Å². The van der Waals surface area contributed by atoms with E-state index >= 15 is 0 Å². The van der Waals surface area contributed by atoms with Crippen molar-refractivity contribution in [3.63, 3.8) is 0 Å². The largest absolute Gasteiger partial charge is 0.489 e. The number of halogens is 1. The summed E-state index contributed by atoms with van der Waals surface area (Å²) >= 11 is 0. The Morgan fingerprint density at radius 2 is 1.77 bits per heavy atom. The minimum absolute atomic E-state index is 0.258. The van der Waals surface area contributed by atoms with E-state index in [2.05, 4.69) is 4.85 Å². The van der Waals surface area contributed by atoms with Gasteiger partial charge in [-0.15, -0.1) is 0 Å². The van der Waals surface area contributed by atoms with E-state index in [1.165, 1.54) is 12.1 Å². The van der Waals surface area contributed by atoms with Crippen LogP contribution in [0.5, 0.6) is 5.75 Å². The minimum atomic E-state index is -0.448. The van der Waals surface area contributed by atoms with E-state index in [-0.39, 0.29) is 12.4 Å². The first kappa shape index (κ1) is 21.1. The van der Waals surface area contributed by atoms with Crippen molar-refractivity contribution < 1.29 is 18.7 Å². The van der Waals surface area contributed by atoms with E-state index in [0.29, 0.717) is 35.7 Å². The topological polar surface area (TPSA) is 44.8 Å². The third-order valence-electron chi connectivity index (χ3n) is 4.86. The molecule has 0 aliphatic rings. The number of rotatable bonds is 7. The molecular weight excluding hydrogens is 383 g/mol. The molecule has 0 unspecified atom stereocenters. The van der Waals surface area contributed by atoms with Gasteiger partial charge in [-0.3, -0.25) is 0 Å². The van der Waals surface area contributed by atoms with Gasteiger partial charge >= 0.3 is 5.97 Å². The lowest BCUT2D eigenvalue weighted by Crippen LogP contribution is -2.12. The summed E-state index contributed by atoms with van der Waals surface area (Å²) in [6.45, 7) is 11.9. The Morgan fingerprint density at radius 1 is 1.10 bits per heavy atom. The first-order valence-electron chi connectivity index (χ1n) is 9.73. The Labute approximate surface area is 175 Å². The fourth-order valence-electron chi connectivity index (χ4n) is 3.42. The number of hydrogen-bond donors (Lipinski definition) is 0. The normalized spacial score (nSPS) is 10.5. The zero-order valence-electron chi connectivity index (χ0n) is 17.2. The number of esters is 1. The molecule has 6 heteroatoms. The highest BCUT2D eigenvalue weighted by Crippen LogP contribution is 2.40. The molecule has 1 aromatic heterocycles. The van der Waals surface area contributed by atoms with Gasteiger partial charge in [0.25, 0.3) is 0 Å². The fraction of sp³-hybridized carbons (Fsp3) is 0.250. The maximum atomic E-state index is 13.0. The van der Waals surface area contributed by atoms with E-state index < -0.39 is 5.97 Å². The minimum Gasteiger partial charge on any atom is -0.489 e. The second kappa shape index (κ2) is 9.27. The Morgan fingerprint density at radius 3 is 2.33 bits per heavy atom. The molecule has 0 radical (unpaired) electrons. The molecule has 0 aliphatic heterocycles. The van der Waals surface area contributed by atoms with E-state index in [4.69, 9.17) is 16.0 Å². The van der Waals surface area contributed by atoms with Gasteiger partial charge in [0.15, 0.2) is 0 Å². The number of carbonyl (C=O) groups is 1. The molecule has 0 saturated heterocycles. The molecule has 0 fully saturated rings. The van der Waals surface area contributed by atoms with E-state index in [9.17, 15) is 9.18 Å². The zero-order chi connectivity index (χ0) is 21.7. The molecule has 0 spiro atoms. The van der Waals surface area contributed by atoms with Crippen molar-refractivity contribution in [1.29, 1.82) is 0 Å². The van der Waals surface area contributed by atoms with E-state index in [0.717, 1.165) is 16.8 Å². The third kappa shape index (κ3) is 4.20. The molecule has 5 nitrogen and oxygen atoms in total. The molecule has 2 aromatic carbocycles. The maximum absolute atomic E-state index is 13.0. The van der Waals surface area contributed by atoms with Crippen LogP contribution in [0.3, 0.4) is 0 Å². The fourth-order valence-corrected chi connectivity index (χ4v) is 3.42. The lowest BCUT2D eigenvalue weighted by molar-refractivity contribution is 0.0516. The average Bonchev–Trinajstić information content (AvgIpc) is 3.05. The van der Waals surface area contributed by atoms with Gasteiger partial charge in [-0.05, 0) is 48.7 Å². The van der Waals surface area contributed by atoms with Gasteiger partial charge in [-0.1, -0.05) is 31.2 Å². The number of ether oxygens (including phenoxy) is 2. The number of hydrogen-bond acceptors (Lipinski definition) is 3. The van der Waals surface area contributed by atoms with Gasteiger partial charge in [-0.25, -0.2) is 14.0 Å². The van der Waals surface area contributed by atoms with Crippen LogP contribution in [0.25, 0.3) is 16.0 Å². The second-order valence-corrected chi connectivity index (χ2v) is 6.70. The van der Waals surface area contributed by atoms with Crippen LogP contribution in [0.1, 0.15) is 35.6 Å². The third-order valence-corrected chi connectivity index (χ3v) is 4.86. The number of carbonyl (C=O) groups excluding carboxylic acids is 1. The van der Waals surface area contributed by atoms with Crippen LogP contribution in [0.2, 0.25) is 0 Å². The van der Waals surface area contributed by atoms with Crippen molar-refractivity contribution in [2.45, 2.75) is 26.9 Å². The summed E-state index contributed by atoms with van der Waals surface area (Å²) in [6.07, 6.45) is 0.624. The molecule has 3 rings (SSSR count). The molecule has 30 heavy (non-hydrogen) atoms. The molecule has 0 amide bonds. The van der Waals surface area contributed by atoms with Crippen molar-refractivity contribution in [1.82, 2.24) is 4.57 Å². The molecule has 0 bridgehead atoms. The van der Waals surface area contributed by atoms with Crippen LogP contribution in [0, 0.1) is 12.4 Å². The molecule has 1 heterocycles. The standard InChI is InChI=1S/C24H23FN2O3/c1-5-20-22(26-3)21(23(27(20)4)24(28)29-6-2)17-9-13-19(14-10-17)30-15-16-7-11-18(25)12-8-16/h7-14H,5-6,15H2,1-2,4H3. The number of nitrogens with zero attached hydrogens (tertiary/aromatic N) is 2.